The minimum absolute atomic E-state index is 0. The lowest BCUT2D eigenvalue weighted by atomic mass is 10.1. The fourth-order valence-corrected chi connectivity index (χ4v) is 9.53. The van der Waals surface area contributed by atoms with E-state index in [2.05, 4.69) is 74.5 Å². The summed E-state index contributed by atoms with van der Waals surface area (Å²) < 4.78 is 0. The predicted molar refractivity (Wildman–Crippen MR) is 91.8 cm³/mol. The highest BCUT2D eigenvalue weighted by Gasteiger charge is 2.43. The lowest BCUT2D eigenvalue weighted by Crippen LogP contribution is -2.36. The molecule has 0 N–H and O–H groups in total. The van der Waals surface area contributed by atoms with E-state index in [-0.39, 0.29) is 20.3 Å². The van der Waals surface area contributed by atoms with E-state index in [1.807, 2.05) is 0 Å². The Hall–Kier alpha value is 0.460. The smallest absolute Gasteiger partial charge is 0.0139 e. The molecular weight excluding hydrogens is 259 g/mol. The number of allylic oxidation sites excluding steroid dienone is 2. The minimum Gasteiger partial charge on any atom is -0.147 e. The molecule has 0 aromatic carbocycles. The van der Waals surface area contributed by atoms with E-state index in [1.54, 1.807) is 0 Å². The van der Waals surface area contributed by atoms with Gasteiger partial charge in [0, 0.05) is 0 Å². The second-order valence-electron chi connectivity index (χ2n) is 7.60. The molecule has 0 amide bonds. The molecule has 0 bridgehead atoms. The van der Waals surface area contributed by atoms with Crippen molar-refractivity contribution in [2.75, 3.05) is 0 Å². The monoisotopic (exact) mass is 292 g/mol. The van der Waals surface area contributed by atoms with Gasteiger partial charge in [-0.25, -0.2) is 0 Å². The summed E-state index contributed by atoms with van der Waals surface area (Å²) in [5.41, 5.74) is 0. The van der Waals surface area contributed by atoms with Gasteiger partial charge in [0.05, 0.1) is 0 Å². The molecule has 0 saturated heterocycles. The van der Waals surface area contributed by atoms with E-state index in [1.165, 1.54) is 12.8 Å². The van der Waals surface area contributed by atoms with E-state index >= 15 is 0 Å². The van der Waals surface area contributed by atoms with Crippen molar-refractivity contribution in [2.24, 2.45) is 0 Å². The third-order valence-electron chi connectivity index (χ3n) is 3.11. The van der Waals surface area contributed by atoms with Gasteiger partial charge >= 0.3 is 0 Å². The standard InChI is InChI=1S/C16H33P.ClH/c1-10-11-12-13-16(8,9)17(14(2,3)4)15(5,6)7;/h10-11H,12-13H2,1-9H3;1H. The first-order valence-corrected chi connectivity index (χ1v) is 8.18. The Kier molecular flexibility index (Phi) is 8.42. The Bertz CT molecular complexity index is 239. The van der Waals surface area contributed by atoms with Crippen LogP contribution < -0.4 is 0 Å². The van der Waals surface area contributed by atoms with Crippen LogP contribution in [-0.2, 0) is 0 Å². The van der Waals surface area contributed by atoms with Crippen molar-refractivity contribution in [3.63, 3.8) is 0 Å². The number of halogens is 1. The lowest BCUT2D eigenvalue weighted by Gasteiger charge is -2.51. The van der Waals surface area contributed by atoms with Crippen LogP contribution in [-0.4, -0.2) is 15.5 Å². The molecule has 0 unspecified atom stereocenters. The zero-order chi connectivity index (χ0) is 13.9. The van der Waals surface area contributed by atoms with E-state index in [9.17, 15) is 0 Å². The number of hydrogen-bond acceptors (Lipinski definition) is 0. The molecule has 0 rings (SSSR count). The summed E-state index contributed by atoms with van der Waals surface area (Å²) in [6, 6.07) is 0. The zero-order valence-electron chi connectivity index (χ0n) is 13.9. The summed E-state index contributed by atoms with van der Waals surface area (Å²) in [7, 11) is -0.0365. The van der Waals surface area contributed by atoms with Crippen LogP contribution in [0.2, 0.25) is 0 Å². The number of hydrogen-bond donors (Lipinski definition) is 0. The van der Waals surface area contributed by atoms with Gasteiger partial charge in [0.15, 0.2) is 0 Å². The maximum absolute atomic E-state index is 2.47. The molecule has 0 heterocycles. The Morgan fingerprint density at radius 2 is 1.22 bits per heavy atom. The van der Waals surface area contributed by atoms with Gasteiger partial charge in [-0.2, -0.15) is 0 Å². The van der Waals surface area contributed by atoms with Crippen molar-refractivity contribution in [3.8, 4) is 0 Å². The summed E-state index contributed by atoms with van der Waals surface area (Å²) in [5.74, 6) is 0. The average molecular weight is 293 g/mol. The van der Waals surface area contributed by atoms with Crippen molar-refractivity contribution >= 4 is 20.3 Å². The van der Waals surface area contributed by atoms with Gasteiger partial charge in [0.2, 0.25) is 0 Å². The van der Waals surface area contributed by atoms with Crippen LogP contribution in [0.3, 0.4) is 0 Å². The molecule has 0 saturated carbocycles. The molecule has 0 spiro atoms. The quantitative estimate of drug-likeness (QED) is 0.403. The van der Waals surface area contributed by atoms with Gasteiger partial charge in [-0.05, 0) is 35.2 Å². The first-order chi connectivity index (χ1) is 7.43. The minimum atomic E-state index is -0.0365. The van der Waals surface area contributed by atoms with Gasteiger partial charge in [-0.15, -0.1) is 12.4 Å². The van der Waals surface area contributed by atoms with Crippen molar-refractivity contribution in [1.29, 1.82) is 0 Å². The van der Waals surface area contributed by atoms with Crippen molar-refractivity contribution in [2.45, 2.75) is 90.6 Å². The number of rotatable bonds is 4. The maximum atomic E-state index is 2.47. The molecule has 2 heteroatoms. The summed E-state index contributed by atoms with van der Waals surface area (Å²) >= 11 is 0. The van der Waals surface area contributed by atoms with Crippen molar-refractivity contribution < 1.29 is 0 Å². The van der Waals surface area contributed by atoms with Crippen LogP contribution >= 0.6 is 20.3 Å². The van der Waals surface area contributed by atoms with Crippen molar-refractivity contribution in [1.82, 2.24) is 0 Å². The molecule has 0 radical (unpaired) electrons. The van der Waals surface area contributed by atoms with Crippen molar-refractivity contribution in [3.05, 3.63) is 12.2 Å². The van der Waals surface area contributed by atoms with Crippen LogP contribution in [0.25, 0.3) is 0 Å². The predicted octanol–water partition coefficient (Wildman–Crippen LogP) is 6.62. The summed E-state index contributed by atoms with van der Waals surface area (Å²) in [6.45, 7) is 21.6. The van der Waals surface area contributed by atoms with E-state index < -0.39 is 0 Å². The van der Waals surface area contributed by atoms with Gasteiger partial charge < -0.3 is 0 Å². The molecule has 0 atom stereocenters. The molecule has 0 aliphatic heterocycles. The maximum Gasteiger partial charge on any atom is -0.0139 e. The molecule has 0 aromatic heterocycles. The molecule has 18 heavy (non-hydrogen) atoms. The largest absolute Gasteiger partial charge is 0.147 e. The Morgan fingerprint density at radius 3 is 1.50 bits per heavy atom. The molecule has 0 aliphatic rings. The molecule has 0 nitrogen and oxygen atoms in total. The molecule has 0 aliphatic carbocycles. The zero-order valence-corrected chi connectivity index (χ0v) is 15.6. The van der Waals surface area contributed by atoms with Gasteiger partial charge in [-0.3, -0.25) is 0 Å². The van der Waals surface area contributed by atoms with Gasteiger partial charge in [0.1, 0.15) is 0 Å². The second-order valence-corrected chi connectivity index (χ2v) is 12.2. The van der Waals surface area contributed by atoms with Crippen LogP contribution in [0, 0.1) is 0 Å². The topological polar surface area (TPSA) is 0 Å². The summed E-state index contributed by atoms with van der Waals surface area (Å²) in [4.78, 5) is 0. The van der Waals surface area contributed by atoms with E-state index in [0.717, 1.165) is 0 Å². The molecular formula is C16H34ClP. The summed E-state index contributed by atoms with van der Waals surface area (Å²) in [5, 5.41) is 1.30. The third-order valence-corrected chi connectivity index (χ3v) is 7.22. The molecule has 0 fully saturated rings. The highest BCUT2D eigenvalue weighted by atomic mass is 35.5. The van der Waals surface area contributed by atoms with Crippen LogP contribution in [0.4, 0.5) is 0 Å². The first kappa shape index (κ1) is 20.8. The van der Waals surface area contributed by atoms with Crippen LogP contribution in [0.1, 0.15) is 75.2 Å². The SMILES string of the molecule is CC=CCCC(C)(C)P(C(C)(C)C)C(C)(C)C.Cl. The second kappa shape index (κ2) is 7.30. The van der Waals surface area contributed by atoms with Crippen LogP contribution in [0.15, 0.2) is 12.2 Å². The van der Waals surface area contributed by atoms with Crippen LogP contribution in [0.5, 0.6) is 0 Å². The highest BCUT2D eigenvalue weighted by Crippen LogP contribution is 2.68. The molecule has 110 valence electrons. The summed E-state index contributed by atoms with van der Waals surface area (Å²) in [6.07, 6.45) is 7.00. The Morgan fingerprint density at radius 1 is 0.833 bits per heavy atom. The molecule has 0 aromatic rings. The Balaban J connectivity index is 0. The normalized spacial score (nSPS) is 14.1. The van der Waals surface area contributed by atoms with Gasteiger partial charge in [0.25, 0.3) is 0 Å². The third kappa shape index (κ3) is 6.58. The first-order valence-electron chi connectivity index (χ1n) is 6.84. The Labute approximate surface area is 123 Å². The average Bonchev–Trinajstić information content (AvgIpc) is 1.96. The highest BCUT2D eigenvalue weighted by molar-refractivity contribution is 7.62. The van der Waals surface area contributed by atoms with E-state index in [0.29, 0.717) is 15.5 Å². The lowest BCUT2D eigenvalue weighted by molar-refractivity contribution is 0.579. The van der Waals surface area contributed by atoms with E-state index in [4.69, 9.17) is 0 Å². The fourth-order valence-electron chi connectivity index (χ4n) is 3.54. The fraction of sp³-hybridized carbons (Fsp3) is 0.875. The van der Waals surface area contributed by atoms with Gasteiger partial charge in [-0.1, -0.05) is 75.5 Å².